The second-order valence-electron chi connectivity index (χ2n) is 13.2. The quantitative estimate of drug-likeness (QED) is 0.0649. The molecular formula is C43H90O4. The van der Waals surface area contributed by atoms with Gasteiger partial charge in [0.1, 0.15) is 0 Å². The molecule has 0 fully saturated rings. The van der Waals surface area contributed by atoms with Crippen molar-refractivity contribution in [2.24, 2.45) is 0 Å². The lowest BCUT2D eigenvalue weighted by molar-refractivity contribution is -0.144. The van der Waals surface area contributed by atoms with E-state index >= 15 is 0 Å². The Morgan fingerprint density at radius 1 is 0.723 bits per heavy atom. The van der Waals surface area contributed by atoms with Gasteiger partial charge in [0.25, 0.3) is 0 Å². The third-order valence-electron chi connectivity index (χ3n) is 8.65. The van der Waals surface area contributed by atoms with Crippen LogP contribution in [0.15, 0.2) is 37.0 Å². The Morgan fingerprint density at radius 2 is 1.23 bits per heavy atom. The molecule has 0 unspecified atom stereocenters. The van der Waals surface area contributed by atoms with Crippen molar-refractivity contribution in [3.8, 4) is 0 Å². The third kappa shape index (κ3) is 42.1. The van der Waals surface area contributed by atoms with Gasteiger partial charge in [-0.25, -0.2) is 0 Å². The van der Waals surface area contributed by atoms with Gasteiger partial charge >= 0.3 is 11.9 Å². The highest BCUT2D eigenvalue weighted by Crippen LogP contribution is 2.12. The number of rotatable bonds is 22. The van der Waals surface area contributed by atoms with Gasteiger partial charge in [-0.2, -0.15) is 0 Å². The van der Waals surface area contributed by atoms with E-state index in [0.29, 0.717) is 26.1 Å². The Bertz CT molecular complexity index is 749. The van der Waals surface area contributed by atoms with E-state index in [4.69, 9.17) is 24.3 Å². The van der Waals surface area contributed by atoms with Gasteiger partial charge in [0.05, 0.1) is 13.2 Å². The van der Waals surface area contributed by atoms with Crippen LogP contribution < -0.4 is 0 Å². The van der Waals surface area contributed by atoms with Gasteiger partial charge in [-0.15, -0.1) is 6.58 Å². The number of carbonyl (C=O) groups is 2. The molecular weight excluding hydrogens is 580 g/mol. The third-order valence-corrected chi connectivity index (χ3v) is 8.65. The SMILES string of the molecule is C.C=CCCCCCCOC(=O)CCCCCCC/C=C\CCCCCCCC.O=C1CCCCCCC=CCCCCCCCO1.[2H][2H].[2H][2H].[2H][2H].[2H][2H].[2H][2H]. The van der Waals surface area contributed by atoms with Crippen molar-refractivity contribution in [1.29, 1.82) is 0 Å². The Hall–Kier alpha value is -1.84. The summed E-state index contributed by atoms with van der Waals surface area (Å²) in [6, 6.07) is 0. The lowest BCUT2D eigenvalue weighted by atomic mass is 10.1. The molecule has 4 nitrogen and oxygen atoms in total. The highest BCUT2D eigenvalue weighted by molar-refractivity contribution is 5.69. The fourth-order valence-electron chi connectivity index (χ4n) is 5.62. The second kappa shape index (κ2) is 42.2. The fraction of sp³-hybridized carbons (Fsp3) is 0.814. The molecule has 0 amide bonds. The van der Waals surface area contributed by atoms with E-state index in [9.17, 15) is 9.59 Å². The molecule has 1 aliphatic heterocycles. The number of hydrogen-bond donors (Lipinski definition) is 0. The van der Waals surface area contributed by atoms with E-state index < -0.39 is 0 Å². The zero-order valence-corrected chi connectivity index (χ0v) is 30.6. The first-order chi connectivity index (χ1) is 27.7. The van der Waals surface area contributed by atoms with Crippen molar-refractivity contribution in [3.63, 3.8) is 0 Å². The number of hydrogen-bond acceptors (Lipinski definition) is 4. The minimum Gasteiger partial charge on any atom is -0.466 e. The van der Waals surface area contributed by atoms with Crippen LogP contribution in [0.25, 0.3) is 0 Å². The van der Waals surface area contributed by atoms with Crippen LogP contribution in [0.4, 0.5) is 0 Å². The smallest absolute Gasteiger partial charge is 0.305 e. The van der Waals surface area contributed by atoms with E-state index in [0.717, 1.165) is 51.4 Å². The monoisotopic (exact) mass is 681 g/mol. The predicted molar refractivity (Wildman–Crippen MR) is 216 cm³/mol. The van der Waals surface area contributed by atoms with Gasteiger partial charge in [-0.3, -0.25) is 9.59 Å². The van der Waals surface area contributed by atoms with Crippen molar-refractivity contribution in [2.75, 3.05) is 13.2 Å². The van der Waals surface area contributed by atoms with E-state index in [1.807, 2.05) is 6.08 Å². The standard InChI is InChI=1S/C26H48O2.C16H28O2.CH4.5H2/c1-3-5-7-9-11-12-13-14-15-16-17-18-19-20-22-24-26(27)28-25-23-21-10-8-6-4-2;17-16-14-12-10-8-6-4-2-1-3-5-7-9-11-13-15-18-16;;;;;;/h4,14-15H,2-3,5-13,16-25H2,1H3;1-2H,3-15H2;1H4;5*1H/b15-14-;;;;;;;/i;;;5*1+1D. The van der Waals surface area contributed by atoms with Crippen LogP contribution in [0.1, 0.15) is 228 Å². The maximum atomic E-state index is 11.7. The molecule has 0 aliphatic carbocycles. The van der Waals surface area contributed by atoms with Gasteiger partial charge in [0.15, 0.2) is 0 Å². The second-order valence-corrected chi connectivity index (χ2v) is 13.2. The van der Waals surface area contributed by atoms with E-state index in [1.54, 1.807) is 0 Å². The van der Waals surface area contributed by atoms with Gasteiger partial charge in [0.2, 0.25) is 0 Å². The maximum Gasteiger partial charge on any atom is 0.305 e. The zero-order chi connectivity index (χ0) is 43.4. The highest BCUT2D eigenvalue weighted by Gasteiger charge is 2.03. The topological polar surface area (TPSA) is 52.6 Å². The number of unbranched alkanes of at least 4 members (excludes halogenated alkanes) is 15. The molecule has 0 bridgehead atoms. The Balaban J connectivity index is -0.000000148. The molecule has 0 aromatic rings. The van der Waals surface area contributed by atoms with Crippen molar-refractivity contribution < 1.29 is 33.9 Å². The van der Waals surface area contributed by atoms with Crippen molar-refractivity contribution >= 4 is 11.9 Å². The lowest BCUT2D eigenvalue weighted by Gasteiger charge is -2.05. The normalized spacial score (nSPS) is 16.0. The lowest BCUT2D eigenvalue weighted by Crippen LogP contribution is -2.05. The highest BCUT2D eigenvalue weighted by atomic mass is 16.5. The molecule has 0 saturated heterocycles. The van der Waals surface area contributed by atoms with Crippen LogP contribution in [-0.2, 0) is 19.1 Å². The number of ether oxygens (including phenoxy) is 2. The van der Waals surface area contributed by atoms with Crippen LogP contribution >= 0.6 is 0 Å². The summed E-state index contributed by atoms with van der Waals surface area (Å²) in [7, 11) is 0. The first-order valence-electron chi connectivity index (χ1n) is 24.9. The largest absolute Gasteiger partial charge is 0.466 e. The van der Waals surface area contributed by atoms with Gasteiger partial charge in [0, 0.05) is 27.7 Å². The summed E-state index contributed by atoms with van der Waals surface area (Å²) in [5.74, 6) is -0.0112. The van der Waals surface area contributed by atoms with Crippen LogP contribution in [0.5, 0.6) is 0 Å². The van der Waals surface area contributed by atoms with Crippen molar-refractivity contribution in [1.82, 2.24) is 0 Å². The van der Waals surface area contributed by atoms with Crippen LogP contribution in [-0.4, -0.2) is 25.2 Å². The molecule has 1 aliphatic rings. The summed E-state index contributed by atoms with van der Waals surface area (Å²) in [6.45, 7) is 7.21. The summed E-state index contributed by atoms with van der Waals surface area (Å²) in [5.41, 5.74) is 0. The Labute approximate surface area is 309 Å². The molecule has 47 heavy (non-hydrogen) atoms. The van der Waals surface area contributed by atoms with E-state index in [-0.39, 0.29) is 19.4 Å². The van der Waals surface area contributed by atoms with Gasteiger partial charge in [-0.1, -0.05) is 141 Å². The van der Waals surface area contributed by atoms with Crippen molar-refractivity contribution in [2.45, 2.75) is 213 Å². The molecule has 0 aromatic carbocycles. The number of esters is 2. The predicted octanol–water partition coefficient (Wildman–Crippen LogP) is 15.4. The number of allylic oxidation sites excluding steroid dienone is 5. The summed E-state index contributed by atoms with van der Waals surface area (Å²) in [5, 5.41) is 0. The first kappa shape index (κ1) is 38.0. The van der Waals surface area contributed by atoms with Gasteiger partial charge < -0.3 is 9.47 Å². The summed E-state index contributed by atoms with van der Waals surface area (Å²) in [6.07, 6.45) is 48.0. The molecule has 0 atom stereocenters. The summed E-state index contributed by atoms with van der Waals surface area (Å²) < 4.78 is 60.5. The molecule has 0 spiro atoms. The molecule has 0 saturated carbocycles. The minimum absolute atomic E-state index is 0. The van der Waals surface area contributed by atoms with E-state index in [2.05, 4.69) is 37.8 Å². The van der Waals surface area contributed by atoms with Crippen LogP contribution in [0, 0.1) is 0 Å². The average molecular weight is 681 g/mol. The molecule has 1 heterocycles. The maximum absolute atomic E-state index is 11.7. The molecule has 0 aromatic heterocycles. The number of carbonyl (C=O) groups excluding carboxylic acids is 2. The summed E-state index contributed by atoms with van der Waals surface area (Å²) in [4.78, 5) is 23.1. The van der Waals surface area contributed by atoms with Crippen molar-refractivity contribution in [3.05, 3.63) is 37.0 Å². The molecule has 0 N–H and O–H groups in total. The minimum atomic E-state index is -0.0104. The molecule has 286 valence electrons. The van der Waals surface area contributed by atoms with Crippen LogP contribution in [0.2, 0.25) is 0 Å². The fourth-order valence-corrected chi connectivity index (χ4v) is 5.62. The zero-order valence-electron chi connectivity index (χ0n) is 40.6. The Kier molecular flexibility index (Phi) is 34.1. The van der Waals surface area contributed by atoms with Crippen LogP contribution in [0.3, 0.4) is 0 Å². The van der Waals surface area contributed by atoms with E-state index in [1.165, 1.54) is 135 Å². The average Bonchev–Trinajstić information content (AvgIpc) is 3.25. The molecule has 4 heteroatoms. The molecule has 1 rings (SSSR count). The number of cyclic esters (lactones) is 1. The first-order valence-corrected chi connectivity index (χ1v) is 19.9. The Morgan fingerprint density at radius 3 is 1.87 bits per heavy atom. The van der Waals surface area contributed by atoms with Gasteiger partial charge in [-0.05, 0) is 89.9 Å². The molecule has 0 radical (unpaired) electrons. The summed E-state index contributed by atoms with van der Waals surface area (Å²) >= 11 is 0.